The maximum atomic E-state index is 12.4. The van der Waals surface area contributed by atoms with Gasteiger partial charge in [-0.05, 0) is 12.5 Å². The molecule has 0 aromatic heterocycles. The van der Waals surface area contributed by atoms with Crippen LogP contribution in [0.3, 0.4) is 0 Å². The third-order valence-electron chi connectivity index (χ3n) is 3.92. The zero-order valence-corrected chi connectivity index (χ0v) is 13.4. The molecule has 0 saturated carbocycles. The standard InChI is InChI=1S/C16H21ClN2O3/c1-12-11-18(14(17)10-16(21)22)7-8-19(12)15(20)9-13-5-3-2-4-6-13/h2-6,12,14H,7-11H2,1H3,(H,21,22)/t12-,14?/m0/s1. The van der Waals surface area contributed by atoms with Crippen LogP contribution in [-0.2, 0) is 16.0 Å². The SMILES string of the molecule is C[C@H]1CN(C(Cl)CC(=O)O)CCN1C(=O)Cc1ccccc1. The van der Waals surface area contributed by atoms with Crippen LogP contribution < -0.4 is 0 Å². The number of carboxylic acids is 1. The van der Waals surface area contributed by atoms with Crippen LogP contribution in [0, 0.1) is 0 Å². The molecule has 1 fully saturated rings. The summed E-state index contributed by atoms with van der Waals surface area (Å²) in [6.07, 6.45) is 0.302. The number of carbonyl (C=O) groups is 2. The number of hydrogen-bond donors (Lipinski definition) is 1. The second-order valence-electron chi connectivity index (χ2n) is 5.63. The first-order chi connectivity index (χ1) is 10.5. The van der Waals surface area contributed by atoms with Gasteiger partial charge in [-0.15, -0.1) is 11.6 Å². The van der Waals surface area contributed by atoms with Crippen LogP contribution in [0.1, 0.15) is 18.9 Å². The van der Waals surface area contributed by atoms with Crippen LogP contribution >= 0.6 is 11.6 Å². The van der Waals surface area contributed by atoms with Crippen molar-refractivity contribution in [2.45, 2.75) is 31.3 Å². The van der Waals surface area contributed by atoms with Crippen LogP contribution in [-0.4, -0.2) is 58.0 Å². The summed E-state index contributed by atoms with van der Waals surface area (Å²) in [5.41, 5.74) is 0.481. The van der Waals surface area contributed by atoms with Crippen molar-refractivity contribution in [1.82, 2.24) is 9.80 Å². The number of carbonyl (C=O) groups excluding carboxylic acids is 1. The fourth-order valence-electron chi connectivity index (χ4n) is 2.76. The molecule has 1 amide bonds. The molecule has 1 aromatic carbocycles. The number of halogens is 1. The van der Waals surface area contributed by atoms with Gasteiger partial charge < -0.3 is 10.0 Å². The Kier molecular flexibility index (Phi) is 5.80. The monoisotopic (exact) mass is 324 g/mol. The van der Waals surface area contributed by atoms with Crippen LogP contribution in [0.15, 0.2) is 30.3 Å². The lowest BCUT2D eigenvalue weighted by Crippen LogP contribution is -2.56. The van der Waals surface area contributed by atoms with Crippen LogP contribution in [0.25, 0.3) is 0 Å². The summed E-state index contributed by atoms with van der Waals surface area (Å²) in [5.74, 6) is -0.807. The Hall–Kier alpha value is -1.59. The first-order valence-electron chi connectivity index (χ1n) is 7.40. The fraction of sp³-hybridized carbons (Fsp3) is 0.500. The van der Waals surface area contributed by atoms with Crippen molar-refractivity contribution in [2.75, 3.05) is 19.6 Å². The predicted molar refractivity (Wildman–Crippen MR) is 84.8 cm³/mol. The lowest BCUT2D eigenvalue weighted by molar-refractivity contribution is -0.139. The Morgan fingerprint density at radius 1 is 1.32 bits per heavy atom. The van der Waals surface area contributed by atoms with Crippen molar-refractivity contribution in [2.24, 2.45) is 0 Å². The first kappa shape index (κ1) is 16.8. The van der Waals surface area contributed by atoms with Gasteiger partial charge in [0.05, 0.1) is 18.3 Å². The third-order valence-corrected chi connectivity index (χ3v) is 4.35. The largest absolute Gasteiger partial charge is 0.481 e. The number of rotatable bonds is 5. The van der Waals surface area contributed by atoms with Crippen molar-refractivity contribution >= 4 is 23.5 Å². The molecule has 0 spiro atoms. The van der Waals surface area contributed by atoms with Gasteiger partial charge in [0, 0.05) is 25.7 Å². The Balaban J connectivity index is 1.90. The van der Waals surface area contributed by atoms with E-state index < -0.39 is 11.5 Å². The van der Waals surface area contributed by atoms with Crippen LogP contribution in [0.2, 0.25) is 0 Å². The average Bonchev–Trinajstić information content (AvgIpc) is 2.47. The van der Waals surface area contributed by atoms with Crippen molar-refractivity contribution in [1.29, 1.82) is 0 Å². The van der Waals surface area contributed by atoms with Crippen molar-refractivity contribution in [3.63, 3.8) is 0 Å². The van der Waals surface area contributed by atoms with E-state index in [1.165, 1.54) is 0 Å². The summed E-state index contributed by atoms with van der Waals surface area (Å²) < 4.78 is 0. The summed E-state index contributed by atoms with van der Waals surface area (Å²) in [4.78, 5) is 26.9. The van der Waals surface area contributed by atoms with E-state index in [4.69, 9.17) is 16.7 Å². The molecule has 1 unspecified atom stereocenters. The molecule has 5 nitrogen and oxygen atoms in total. The van der Waals surface area contributed by atoms with E-state index in [1.54, 1.807) is 0 Å². The minimum Gasteiger partial charge on any atom is -0.481 e. The third kappa shape index (κ3) is 4.45. The van der Waals surface area contributed by atoms with Gasteiger partial charge in [0.15, 0.2) is 0 Å². The van der Waals surface area contributed by atoms with Crippen molar-refractivity contribution in [3.8, 4) is 0 Å². The molecular formula is C16H21ClN2O3. The van der Waals surface area contributed by atoms with E-state index in [0.29, 0.717) is 26.1 Å². The summed E-state index contributed by atoms with van der Waals surface area (Å²) in [5, 5.41) is 8.81. The Morgan fingerprint density at radius 3 is 2.59 bits per heavy atom. The van der Waals surface area contributed by atoms with Crippen LogP contribution in [0.4, 0.5) is 0 Å². The van der Waals surface area contributed by atoms with Gasteiger partial charge >= 0.3 is 5.97 Å². The predicted octanol–water partition coefficient (Wildman–Crippen LogP) is 1.80. The molecule has 1 aromatic rings. The van der Waals surface area contributed by atoms with E-state index in [-0.39, 0.29) is 18.4 Å². The summed E-state index contributed by atoms with van der Waals surface area (Å²) in [7, 11) is 0. The average molecular weight is 325 g/mol. The Bertz CT molecular complexity index is 523. The van der Waals surface area contributed by atoms with Gasteiger partial charge in [0.1, 0.15) is 0 Å². The van der Waals surface area contributed by atoms with E-state index in [9.17, 15) is 9.59 Å². The Labute approximate surface area is 135 Å². The minimum absolute atomic E-state index is 0.0278. The second kappa shape index (κ2) is 7.61. The number of aliphatic carboxylic acids is 1. The normalized spacial score (nSPS) is 20.6. The van der Waals surface area contributed by atoms with Crippen molar-refractivity contribution < 1.29 is 14.7 Å². The minimum atomic E-state index is -0.907. The molecule has 22 heavy (non-hydrogen) atoms. The zero-order chi connectivity index (χ0) is 16.1. The highest BCUT2D eigenvalue weighted by molar-refractivity contribution is 6.21. The first-order valence-corrected chi connectivity index (χ1v) is 7.84. The number of hydrogen-bond acceptors (Lipinski definition) is 3. The lowest BCUT2D eigenvalue weighted by atomic mass is 10.1. The smallest absolute Gasteiger partial charge is 0.306 e. The van der Waals surface area contributed by atoms with Gasteiger partial charge in [-0.2, -0.15) is 0 Å². The number of alkyl halides is 1. The molecule has 0 radical (unpaired) electrons. The molecule has 1 aliphatic rings. The van der Waals surface area contributed by atoms with Gasteiger partial charge in [-0.25, -0.2) is 0 Å². The van der Waals surface area contributed by atoms with E-state index >= 15 is 0 Å². The quantitative estimate of drug-likeness (QED) is 0.663. The van der Waals surface area contributed by atoms with Gasteiger partial charge in [-0.1, -0.05) is 30.3 Å². The van der Waals surface area contributed by atoms with Gasteiger partial charge in [0.25, 0.3) is 0 Å². The highest BCUT2D eigenvalue weighted by atomic mass is 35.5. The maximum absolute atomic E-state index is 12.4. The number of carboxylic acid groups (broad SMARTS) is 1. The molecule has 2 rings (SSSR count). The molecule has 1 heterocycles. The highest BCUT2D eigenvalue weighted by Gasteiger charge is 2.30. The molecular weight excluding hydrogens is 304 g/mol. The van der Waals surface area contributed by atoms with Crippen molar-refractivity contribution in [3.05, 3.63) is 35.9 Å². The van der Waals surface area contributed by atoms with Crippen LogP contribution in [0.5, 0.6) is 0 Å². The van der Waals surface area contributed by atoms with E-state index in [2.05, 4.69) is 0 Å². The number of piperazine rings is 1. The molecule has 1 N–H and O–H groups in total. The summed E-state index contributed by atoms with van der Waals surface area (Å²) >= 11 is 6.12. The van der Waals surface area contributed by atoms with Gasteiger partial charge in [-0.3, -0.25) is 14.5 Å². The highest BCUT2D eigenvalue weighted by Crippen LogP contribution is 2.18. The van der Waals surface area contributed by atoms with Gasteiger partial charge in [0.2, 0.25) is 5.91 Å². The summed E-state index contributed by atoms with van der Waals surface area (Å²) in [6.45, 7) is 3.75. The number of amides is 1. The number of nitrogens with zero attached hydrogens (tertiary/aromatic N) is 2. The lowest BCUT2D eigenvalue weighted by Gasteiger charge is -2.41. The second-order valence-corrected chi connectivity index (χ2v) is 6.13. The molecule has 120 valence electrons. The molecule has 0 aliphatic carbocycles. The molecule has 6 heteroatoms. The Morgan fingerprint density at radius 2 is 2.00 bits per heavy atom. The fourth-order valence-corrected chi connectivity index (χ4v) is 3.07. The molecule has 1 saturated heterocycles. The molecule has 2 atom stereocenters. The molecule has 1 aliphatic heterocycles. The van der Waals surface area contributed by atoms with E-state index in [0.717, 1.165) is 5.56 Å². The topological polar surface area (TPSA) is 60.9 Å². The zero-order valence-electron chi connectivity index (χ0n) is 12.6. The molecule has 0 bridgehead atoms. The summed E-state index contributed by atoms with van der Waals surface area (Å²) in [6, 6.07) is 9.70. The van der Waals surface area contributed by atoms with E-state index in [1.807, 2.05) is 47.1 Å². The maximum Gasteiger partial charge on any atom is 0.306 e. The number of benzene rings is 1.